The highest BCUT2D eigenvalue weighted by Gasteiger charge is 2.27. The van der Waals surface area contributed by atoms with Gasteiger partial charge in [-0.3, -0.25) is 4.79 Å². The van der Waals surface area contributed by atoms with E-state index in [0.717, 1.165) is 5.56 Å². The van der Waals surface area contributed by atoms with Gasteiger partial charge in [0.1, 0.15) is 12.7 Å². The van der Waals surface area contributed by atoms with Gasteiger partial charge in [-0.05, 0) is 45.7 Å². The van der Waals surface area contributed by atoms with Crippen LogP contribution in [-0.2, 0) is 14.4 Å². The summed E-state index contributed by atoms with van der Waals surface area (Å²) in [5.74, 6) is -0.0745. The average molecular weight is 458 g/mol. The summed E-state index contributed by atoms with van der Waals surface area (Å²) in [6.45, 7) is 6.64. The second-order valence-corrected chi connectivity index (χ2v) is 8.97. The number of hydrogen-bond donors (Lipinski definition) is 1. The first-order chi connectivity index (χ1) is 14.1. The van der Waals surface area contributed by atoms with Crippen LogP contribution in [0.4, 0.5) is 4.79 Å². The lowest BCUT2D eigenvalue weighted by Gasteiger charge is -2.33. The smallest absolute Gasteiger partial charge is 0.410 e. The molecule has 166 valence electrons. The normalized spacial score (nSPS) is 15.7. The van der Waals surface area contributed by atoms with Gasteiger partial charge in [0.15, 0.2) is 0 Å². The Bertz CT molecular complexity index is 785. The minimum atomic E-state index is -0.516. The Balaban J connectivity index is 1.82. The van der Waals surface area contributed by atoms with E-state index in [9.17, 15) is 9.59 Å². The number of rotatable bonds is 6. The molecule has 2 rings (SSSR count). The fourth-order valence-corrected chi connectivity index (χ4v) is 3.39. The Kier molecular flexibility index (Phi) is 8.79. The lowest BCUT2D eigenvalue weighted by Crippen LogP contribution is -2.47. The van der Waals surface area contributed by atoms with E-state index < -0.39 is 5.60 Å². The predicted molar refractivity (Wildman–Crippen MR) is 118 cm³/mol. The highest BCUT2D eigenvalue weighted by atomic mass is 35.5. The number of nitrogens with zero attached hydrogens (tertiary/aromatic N) is 2. The number of carbonyl (C=O) groups excluding carboxylic acids is 2. The number of oxime groups is 1. The molecular formula is C21H29Cl2N3O4. The van der Waals surface area contributed by atoms with Gasteiger partial charge in [-0.15, -0.1) is 0 Å². The van der Waals surface area contributed by atoms with Crippen LogP contribution in [0.2, 0.25) is 10.0 Å². The molecule has 1 aromatic carbocycles. The molecule has 1 aromatic rings. The number of halogens is 2. The third-order valence-corrected chi connectivity index (χ3v) is 5.29. The fourth-order valence-electron chi connectivity index (χ4n) is 3.09. The zero-order valence-corrected chi connectivity index (χ0v) is 19.3. The van der Waals surface area contributed by atoms with Crippen molar-refractivity contribution in [3.05, 3.63) is 33.8 Å². The number of ether oxygens (including phenoxy) is 1. The van der Waals surface area contributed by atoms with Crippen molar-refractivity contribution < 1.29 is 19.2 Å². The molecule has 2 amide bonds. The molecule has 0 aromatic heterocycles. The molecule has 7 nitrogen and oxygen atoms in total. The van der Waals surface area contributed by atoms with E-state index in [4.69, 9.17) is 32.8 Å². The molecule has 1 N–H and O–H groups in total. The van der Waals surface area contributed by atoms with E-state index >= 15 is 0 Å². The highest BCUT2D eigenvalue weighted by molar-refractivity contribution is 6.42. The Labute approximate surface area is 187 Å². The van der Waals surface area contributed by atoms with Crippen molar-refractivity contribution in [1.29, 1.82) is 0 Å². The summed E-state index contributed by atoms with van der Waals surface area (Å²) in [4.78, 5) is 31.1. The van der Waals surface area contributed by atoms with Crippen LogP contribution >= 0.6 is 23.2 Å². The molecule has 1 fully saturated rings. The van der Waals surface area contributed by atoms with Crippen LogP contribution in [0.1, 0.15) is 52.0 Å². The van der Waals surface area contributed by atoms with Crippen LogP contribution in [0.15, 0.2) is 23.4 Å². The Morgan fingerprint density at radius 1 is 1.17 bits per heavy atom. The van der Waals surface area contributed by atoms with E-state index in [-0.39, 0.29) is 24.5 Å². The third-order valence-electron chi connectivity index (χ3n) is 4.55. The van der Waals surface area contributed by atoms with Crippen molar-refractivity contribution in [2.75, 3.05) is 20.2 Å². The van der Waals surface area contributed by atoms with Crippen LogP contribution in [0.25, 0.3) is 0 Å². The zero-order chi connectivity index (χ0) is 22.3. The minimum absolute atomic E-state index is 0.0315. The standard InChI is InChI=1S/C21H29Cl2N3O4/c1-21(2,3)30-20(28)26-11-9-15(10-12-26)24-19(27)8-7-18(25-29-4)14-5-6-16(22)17(23)13-14/h5-6,13,15H,7-12H2,1-4H3,(H,24,27)/b25-18-. The van der Waals surface area contributed by atoms with Gasteiger partial charge >= 0.3 is 6.09 Å². The highest BCUT2D eigenvalue weighted by Crippen LogP contribution is 2.24. The predicted octanol–water partition coefficient (Wildman–Crippen LogP) is 4.64. The number of benzene rings is 1. The first-order valence-corrected chi connectivity index (χ1v) is 10.7. The lowest BCUT2D eigenvalue weighted by molar-refractivity contribution is -0.121. The minimum Gasteiger partial charge on any atom is -0.444 e. The van der Waals surface area contributed by atoms with Gasteiger partial charge in [0, 0.05) is 37.5 Å². The van der Waals surface area contributed by atoms with Crippen LogP contribution in [0.5, 0.6) is 0 Å². The second-order valence-electron chi connectivity index (χ2n) is 8.16. The monoisotopic (exact) mass is 457 g/mol. The summed E-state index contributed by atoms with van der Waals surface area (Å²) >= 11 is 12.0. The van der Waals surface area contributed by atoms with Gasteiger partial charge in [-0.25, -0.2) is 4.79 Å². The van der Waals surface area contributed by atoms with Gasteiger partial charge in [0.2, 0.25) is 5.91 Å². The maximum atomic E-state index is 12.4. The van der Waals surface area contributed by atoms with Crippen LogP contribution < -0.4 is 5.32 Å². The molecule has 0 bridgehead atoms. The fraction of sp³-hybridized carbons (Fsp3) is 0.571. The molecular weight excluding hydrogens is 429 g/mol. The van der Waals surface area contributed by atoms with Crippen molar-refractivity contribution in [3.63, 3.8) is 0 Å². The van der Waals surface area contributed by atoms with Crippen LogP contribution in [0.3, 0.4) is 0 Å². The summed E-state index contributed by atoms with van der Waals surface area (Å²) in [7, 11) is 1.45. The zero-order valence-electron chi connectivity index (χ0n) is 17.8. The van der Waals surface area contributed by atoms with Crippen molar-refractivity contribution in [3.8, 4) is 0 Å². The van der Waals surface area contributed by atoms with E-state index in [1.54, 1.807) is 23.1 Å². The third kappa shape index (κ3) is 7.69. The van der Waals surface area contributed by atoms with Crippen LogP contribution in [0, 0.1) is 0 Å². The first kappa shape index (κ1) is 24.3. The number of carbonyl (C=O) groups is 2. The largest absolute Gasteiger partial charge is 0.444 e. The molecule has 0 radical (unpaired) electrons. The summed E-state index contributed by atoms with van der Waals surface area (Å²) in [5, 5.41) is 7.92. The summed E-state index contributed by atoms with van der Waals surface area (Å²) in [6.07, 6.45) is 1.73. The molecule has 0 aliphatic carbocycles. The molecule has 0 spiro atoms. The molecule has 0 atom stereocenters. The quantitative estimate of drug-likeness (QED) is 0.498. The first-order valence-electron chi connectivity index (χ1n) is 9.92. The summed E-state index contributed by atoms with van der Waals surface area (Å²) in [6, 6.07) is 5.20. The van der Waals surface area contributed by atoms with E-state index in [0.29, 0.717) is 48.1 Å². The van der Waals surface area contributed by atoms with Gasteiger partial charge in [0.05, 0.1) is 15.8 Å². The lowest BCUT2D eigenvalue weighted by atomic mass is 10.0. The maximum absolute atomic E-state index is 12.4. The molecule has 30 heavy (non-hydrogen) atoms. The van der Waals surface area contributed by atoms with Gasteiger partial charge in [-0.2, -0.15) is 0 Å². The van der Waals surface area contributed by atoms with Gasteiger partial charge < -0.3 is 19.8 Å². The van der Waals surface area contributed by atoms with Crippen molar-refractivity contribution >= 4 is 40.9 Å². The molecule has 1 aliphatic heterocycles. The molecule has 9 heteroatoms. The number of amides is 2. The second kappa shape index (κ2) is 10.9. The van der Waals surface area contributed by atoms with Crippen molar-refractivity contribution in [2.24, 2.45) is 5.16 Å². The van der Waals surface area contributed by atoms with Gasteiger partial charge in [0.25, 0.3) is 0 Å². The van der Waals surface area contributed by atoms with E-state index in [1.165, 1.54) is 7.11 Å². The molecule has 0 unspecified atom stereocenters. The number of nitrogens with one attached hydrogen (secondary N) is 1. The Morgan fingerprint density at radius 3 is 2.40 bits per heavy atom. The molecule has 1 aliphatic rings. The number of likely N-dealkylation sites (tertiary alicyclic amines) is 1. The summed E-state index contributed by atoms with van der Waals surface area (Å²) < 4.78 is 5.40. The van der Waals surface area contributed by atoms with Gasteiger partial charge in [-0.1, -0.05) is 34.4 Å². The maximum Gasteiger partial charge on any atom is 0.410 e. The SMILES string of the molecule is CO/N=C(/CCC(=O)NC1CCN(C(=O)OC(C)(C)C)CC1)c1ccc(Cl)c(Cl)c1. The summed E-state index contributed by atoms with van der Waals surface area (Å²) in [5.41, 5.74) is 0.855. The molecule has 0 saturated carbocycles. The number of piperidine rings is 1. The molecule has 1 saturated heterocycles. The topological polar surface area (TPSA) is 80.2 Å². The number of hydrogen-bond acceptors (Lipinski definition) is 5. The Morgan fingerprint density at radius 2 is 1.83 bits per heavy atom. The Hall–Kier alpha value is -1.99. The molecule has 1 heterocycles. The average Bonchev–Trinajstić information content (AvgIpc) is 2.66. The van der Waals surface area contributed by atoms with E-state index in [1.807, 2.05) is 20.8 Å². The van der Waals surface area contributed by atoms with Crippen molar-refractivity contribution in [1.82, 2.24) is 10.2 Å². The van der Waals surface area contributed by atoms with Crippen molar-refractivity contribution in [2.45, 2.75) is 58.1 Å². The van der Waals surface area contributed by atoms with Crippen LogP contribution in [-0.4, -0.2) is 54.5 Å². The van der Waals surface area contributed by atoms with E-state index in [2.05, 4.69) is 10.5 Å².